The number of rotatable bonds is 7. The number of hydrogen-bond donors (Lipinski definition) is 0. The van der Waals surface area contributed by atoms with Crippen molar-refractivity contribution in [3.63, 3.8) is 0 Å². The molecule has 0 aliphatic heterocycles. The number of fused-ring (bicyclic) bond motifs is 1. The Hall–Kier alpha value is -4.26. The molecular weight excluding hydrogens is 454 g/mol. The van der Waals surface area contributed by atoms with Gasteiger partial charge in [-0.3, -0.25) is 9.59 Å². The van der Waals surface area contributed by atoms with E-state index in [0.717, 1.165) is 22.4 Å². The van der Waals surface area contributed by atoms with Crippen molar-refractivity contribution in [3.8, 4) is 22.9 Å². The van der Waals surface area contributed by atoms with Gasteiger partial charge in [-0.1, -0.05) is 38.1 Å². The van der Waals surface area contributed by atoms with E-state index in [1.165, 1.54) is 11.6 Å². The number of aryl methyl sites for hydroxylation is 1. The fourth-order valence-corrected chi connectivity index (χ4v) is 4.02. The summed E-state index contributed by atoms with van der Waals surface area (Å²) in [5, 5.41) is 5.01. The van der Waals surface area contributed by atoms with E-state index in [1.54, 1.807) is 36.5 Å². The van der Waals surface area contributed by atoms with Crippen LogP contribution in [0.2, 0.25) is 0 Å². The zero-order chi connectivity index (χ0) is 25.8. The van der Waals surface area contributed by atoms with Gasteiger partial charge in [-0.25, -0.2) is 4.98 Å². The fraction of sp³-hybridized carbons (Fsp3) is 0.241. The molecule has 0 N–H and O–H groups in total. The first kappa shape index (κ1) is 24.9. The van der Waals surface area contributed by atoms with Crippen molar-refractivity contribution >= 4 is 23.1 Å². The summed E-state index contributed by atoms with van der Waals surface area (Å²) in [5.41, 5.74) is 3.75. The van der Waals surface area contributed by atoms with Crippen LogP contribution in [0.25, 0.3) is 22.3 Å². The van der Waals surface area contributed by atoms with E-state index in [4.69, 9.17) is 14.5 Å². The lowest BCUT2D eigenvalue weighted by atomic mass is 9.96. The number of hydrogen-bond acceptors (Lipinski definition) is 6. The minimum Gasteiger partial charge on any atom is -0.494 e. The first-order valence-electron chi connectivity index (χ1n) is 11.9. The lowest BCUT2D eigenvalue weighted by molar-refractivity contribution is -0.131. The average Bonchev–Trinajstić information content (AvgIpc) is 2.83. The lowest BCUT2D eigenvalue weighted by Crippen LogP contribution is -2.21. The van der Waals surface area contributed by atoms with Crippen LogP contribution < -0.4 is 15.0 Å². The second kappa shape index (κ2) is 10.6. The first-order chi connectivity index (χ1) is 17.3. The molecular formula is C29H29N3O4. The summed E-state index contributed by atoms with van der Waals surface area (Å²) in [7, 11) is 0. The molecule has 0 radical (unpaired) electrons. The molecule has 0 saturated carbocycles. The highest BCUT2D eigenvalue weighted by Crippen LogP contribution is 2.34. The molecule has 0 aliphatic carbocycles. The molecule has 0 saturated heterocycles. The molecule has 36 heavy (non-hydrogen) atoms. The third-order valence-corrected chi connectivity index (χ3v) is 5.72. The van der Waals surface area contributed by atoms with Crippen molar-refractivity contribution in [1.82, 2.24) is 9.66 Å². The number of benzene rings is 3. The molecule has 184 valence electrons. The van der Waals surface area contributed by atoms with Gasteiger partial charge in [0.2, 0.25) is 0 Å². The van der Waals surface area contributed by atoms with Crippen molar-refractivity contribution in [1.29, 1.82) is 0 Å². The molecule has 4 rings (SSSR count). The van der Waals surface area contributed by atoms with Crippen LogP contribution >= 0.6 is 0 Å². The third-order valence-electron chi connectivity index (χ3n) is 5.72. The van der Waals surface area contributed by atoms with E-state index in [-0.39, 0.29) is 11.5 Å². The molecule has 7 nitrogen and oxygen atoms in total. The minimum atomic E-state index is -0.409. The van der Waals surface area contributed by atoms with Crippen molar-refractivity contribution < 1.29 is 14.3 Å². The van der Waals surface area contributed by atoms with Crippen LogP contribution in [0.1, 0.15) is 50.3 Å². The van der Waals surface area contributed by atoms with Gasteiger partial charge in [0.25, 0.3) is 5.56 Å². The van der Waals surface area contributed by atoms with Gasteiger partial charge in [0.15, 0.2) is 5.82 Å². The van der Waals surface area contributed by atoms with Gasteiger partial charge < -0.3 is 9.47 Å². The Morgan fingerprint density at radius 3 is 2.61 bits per heavy atom. The SMILES string of the molecule is CCOc1cc(C)c(-c2nc3ccccc3c(=O)n2N=Cc2cccc(OC(C)=O)c2)cc1C(C)C. The second-order valence-electron chi connectivity index (χ2n) is 8.77. The van der Waals surface area contributed by atoms with Crippen molar-refractivity contribution in [2.24, 2.45) is 5.10 Å². The molecule has 3 aromatic carbocycles. The van der Waals surface area contributed by atoms with Crippen LogP contribution in [0.3, 0.4) is 0 Å². The minimum absolute atomic E-state index is 0.207. The summed E-state index contributed by atoms with van der Waals surface area (Å²) < 4.78 is 12.4. The molecule has 0 unspecified atom stereocenters. The number of carbonyl (C=O) groups excluding carboxylic acids is 1. The third kappa shape index (κ3) is 5.20. The zero-order valence-corrected chi connectivity index (χ0v) is 21.1. The topological polar surface area (TPSA) is 82.8 Å². The molecule has 0 bridgehead atoms. The van der Waals surface area contributed by atoms with Crippen molar-refractivity contribution in [3.05, 3.63) is 87.7 Å². The highest BCUT2D eigenvalue weighted by atomic mass is 16.5. The van der Waals surface area contributed by atoms with Gasteiger partial charge in [-0.15, -0.1) is 0 Å². The van der Waals surface area contributed by atoms with Crippen LogP contribution in [0.4, 0.5) is 0 Å². The molecule has 1 heterocycles. The highest BCUT2D eigenvalue weighted by molar-refractivity contribution is 5.83. The maximum Gasteiger partial charge on any atom is 0.308 e. The molecule has 0 fully saturated rings. The van der Waals surface area contributed by atoms with Gasteiger partial charge >= 0.3 is 5.97 Å². The number of esters is 1. The summed E-state index contributed by atoms with van der Waals surface area (Å²) >= 11 is 0. The highest BCUT2D eigenvalue weighted by Gasteiger charge is 2.18. The normalized spacial score (nSPS) is 11.4. The smallest absolute Gasteiger partial charge is 0.308 e. The van der Waals surface area contributed by atoms with Crippen LogP contribution in [0, 0.1) is 6.92 Å². The van der Waals surface area contributed by atoms with Crippen LogP contribution in [-0.2, 0) is 4.79 Å². The van der Waals surface area contributed by atoms with E-state index < -0.39 is 5.97 Å². The lowest BCUT2D eigenvalue weighted by Gasteiger charge is -2.18. The number of ether oxygens (including phenoxy) is 2. The fourth-order valence-electron chi connectivity index (χ4n) is 4.02. The number of para-hydroxylation sites is 1. The van der Waals surface area contributed by atoms with Crippen LogP contribution in [0.15, 0.2) is 70.6 Å². The number of nitrogens with zero attached hydrogens (tertiary/aromatic N) is 3. The maximum absolute atomic E-state index is 13.6. The maximum atomic E-state index is 13.6. The van der Waals surface area contributed by atoms with Gasteiger partial charge in [-0.2, -0.15) is 9.78 Å². The Morgan fingerprint density at radius 2 is 1.89 bits per heavy atom. The quantitative estimate of drug-likeness (QED) is 0.191. The van der Waals surface area contributed by atoms with E-state index in [1.807, 2.05) is 44.2 Å². The molecule has 0 spiro atoms. The number of aromatic nitrogens is 2. The van der Waals surface area contributed by atoms with Gasteiger partial charge in [0.05, 0.1) is 23.7 Å². The first-order valence-corrected chi connectivity index (χ1v) is 11.9. The predicted octanol–water partition coefficient (Wildman–Crippen LogP) is 5.70. The largest absolute Gasteiger partial charge is 0.494 e. The summed E-state index contributed by atoms with van der Waals surface area (Å²) in [6.45, 7) is 10.0. The van der Waals surface area contributed by atoms with Crippen molar-refractivity contribution in [2.45, 2.75) is 40.5 Å². The average molecular weight is 484 g/mol. The summed E-state index contributed by atoms with van der Waals surface area (Å²) in [5.74, 6) is 1.47. The van der Waals surface area contributed by atoms with Gasteiger partial charge in [-0.05, 0) is 72.9 Å². The summed E-state index contributed by atoms with van der Waals surface area (Å²) in [4.78, 5) is 29.8. The van der Waals surface area contributed by atoms with E-state index in [9.17, 15) is 9.59 Å². The van der Waals surface area contributed by atoms with E-state index in [0.29, 0.717) is 34.6 Å². The van der Waals surface area contributed by atoms with Gasteiger partial charge in [0, 0.05) is 12.5 Å². The molecule has 1 aromatic heterocycles. The molecule has 7 heteroatoms. The predicted molar refractivity (Wildman–Crippen MR) is 142 cm³/mol. The Morgan fingerprint density at radius 1 is 1.11 bits per heavy atom. The Labute approximate surface area is 210 Å². The van der Waals surface area contributed by atoms with Crippen LogP contribution in [-0.4, -0.2) is 28.5 Å². The Kier molecular flexibility index (Phi) is 7.29. The molecule has 0 amide bonds. The molecule has 0 aliphatic rings. The number of carbonyl (C=O) groups is 1. The summed E-state index contributed by atoms with van der Waals surface area (Å²) in [6, 6.07) is 18.2. The molecule has 0 atom stereocenters. The van der Waals surface area contributed by atoms with E-state index in [2.05, 4.69) is 18.9 Å². The monoisotopic (exact) mass is 483 g/mol. The summed E-state index contributed by atoms with van der Waals surface area (Å²) in [6.07, 6.45) is 1.56. The van der Waals surface area contributed by atoms with Crippen molar-refractivity contribution in [2.75, 3.05) is 6.61 Å². The Balaban J connectivity index is 1.92. The van der Waals surface area contributed by atoms with Gasteiger partial charge in [0.1, 0.15) is 11.5 Å². The molecule has 4 aromatic rings. The standard InChI is InChI=1S/C29H29N3O4/c1-6-35-27-14-19(4)25(16-24(27)18(2)3)28-31-26-13-8-7-12-23(26)29(34)32(28)30-17-21-10-9-11-22(15-21)36-20(5)33/h7-18H,6H2,1-5H3. The second-order valence-corrected chi connectivity index (χ2v) is 8.77. The van der Waals surface area contributed by atoms with E-state index >= 15 is 0 Å². The Bertz CT molecular complexity index is 1520. The van der Waals surface area contributed by atoms with Crippen LogP contribution in [0.5, 0.6) is 11.5 Å². The zero-order valence-electron chi connectivity index (χ0n) is 21.1.